The van der Waals surface area contributed by atoms with Crippen LogP contribution in [0.15, 0.2) is 47.4 Å². The van der Waals surface area contributed by atoms with Crippen molar-refractivity contribution < 1.29 is 18.1 Å². The Kier molecular flexibility index (Phi) is 5.73. The Morgan fingerprint density at radius 1 is 1.19 bits per heavy atom. The van der Waals surface area contributed by atoms with Crippen LogP contribution >= 0.6 is 0 Å². The number of amides is 1. The SMILES string of the molecule is Cc1ccc(NC(=O)Cc2ccccc2[N+](=O)[O-])cc1S(=O)(=O)N(C)C. The van der Waals surface area contributed by atoms with Gasteiger partial charge in [0.25, 0.3) is 5.69 Å². The molecule has 0 heterocycles. The fourth-order valence-corrected chi connectivity index (χ4v) is 3.51. The molecule has 2 aromatic rings. The largest absolute Gasteiger partial charge is 0.326 e. The number of para-hydroxylation sites is 1. The van der Waals surface area contributed by atoms with Gasteiger partial charge in [0.1, 0.15) is 0 Å². The van der Waals surface area contributed by atoms with Crippen LogP contribution in [0.2, 0.25) is 0 Å². The van der Waals surface area contributed by atoms with Crippen LogP contribution in [0.3, 0.4) is 0 Å². The van der Waals surface area contributed by atoms with E-state index in [1.807, 2.05) is 0 Å². The van der Waals surface area contributed by atoms with Gasteiger partial charge in [-0.15, -0.1) is 0 Å². The molecule has 1 N–H and O–H groups in total. The van der Waals surface area contributed by atoms with E-state index >= 15 is 0 Å². The molecule has 0 spiro atoms. The topological polar surface area (TPSA) is 110 Å². The number of hydrogen-bond acceptors (Lipinski definition) is 5. The Morgan fingerprint density at radius 2 is 1.85 bits per heavy atom. The van der Waals surface area contributed by atoms with Crippen LogP contribution in [-0.2, 0) is 21.2 Å². The zero-order chi connectivity index (χ0) is 19.5. The summed E-state index contributed by atoms with van der Waals surface area (Å²) in [6.07, 6.45) is -0.194. The summed E-state index contributed by atoms with van der Waals surface area (Å²) in [5, 5.41) is 13.6. The van der Waals surface area contributed by atoms with Gasteiger partial charge in [-0.25, -0.2) is 12.7 Å². The van der Waals surface area contributed by atoms with E-state index in [2.05, 4.69) is 5.32 Å². The summed E-state index contributed by atoms with van der Waals surface area (Å²) < 4.78 is 25.8. The predicted molar refractivity (Wildman–Crippen MR) is 97.5 cm³/mol. The molecule has 2 aromatic carbocycles. The highest BCUT2D eigenvalue weighted by Gasteiger charge is 2.21. The number of sulfonamides is 1. The van der Waals surface area contributed by atoms with Crippen molar-refractivity contribution in [3.05, 3.63) is 63.7 Å². The predicted octanol–water partition coefficient (Wildman–Crippen LogP) is 2.33. The average Bonchev–Trinajstić information content (AvgIpc) is 2.56. The van der Waals surface area contributed by atoms with E-state index in [0.29, 0.717) is 11.3 Å². The second kappa shape index (κ2) is 7.63. The van der Waals surface area contributed by atoms with Gasteiger partial charge in [-0.2, -0.15) is 0 Å². The lowest BCUT2D eigenvalue weighted by Crippen LogP contribution is -2.23. The van der Waals surface area contributed by atoms with E-state index in [0.717, 1.165) is 4.31 Å². The van der Waals surface area contributed by atoms with Crippen molar-refractivity contribution in [3.63, 3.8) is 0 Å². The molecule has 0 radical (unpaired) electrons. The summed E-state index contributed by atoms with van der Waals surface area (Å²) in [6, 6.07) is 10.5. The number of nitrogens with one attached hydrogen (secondary N) is 1. The van der Waals surface area contributed by atoms with Crippen LogP contribution in [0, 0.1) is 17.0 Å². The number of hydrogen-bond donors (Lipinski definition) is 1. The van der Waals surface area contributed by atoms with Crippen LogP contribution in [0.4, 0.5) is 11.4 Å². The average molecular weight is 377 g/mol. The molecule has 0 bridgehead atoms. The molecule has 0 fully saturated rings. The quantitative estimate of drug-likeness (QED) is 0.614. The van der Waals surface area contributed by atoms with Gasteiger partial charge in [-0.1, -0.05) is 24.3 Å². The fraction of sp³-hybridized carbons (Fsp3) is 0.235. The number of rotatable bonds is 6. The molecule has 138 valence electrons. The minimum atomic E-state index is -3.65. The van der Waals surface area contributed by atoms with Gasteiger partial charge in [0.2, 0.25) is 15.9 Å². The molecule has 0 unspecified atom stereocenters. The van der Waals surface area contributed by atoms with E-state index in [1.165, 1.54) is 38.4 Å². The second-order valence-electron chi connectivity index (χ2n) is 5.88. The van der Waals surface area contributed by atoms with Gasteiger partial charge in [0, 0.05) is 31.4 Å². The summed E-state index contributed by atoms with van der Waals surface area (Å²) in [6.45, 7) is 1.66. The van der Waals surface area contributed by atoms with Crippen LogP contribution in [0.5, 0.6) is 0 Å². The molecule has 0 saturated heterocycles. The highest BCUT2D eigenvalue weighted by Crippen LogP contribution is 2.23. The van der Waals surface area contributed by atoms with Gasteiger partial charge < -0.3 is 5.32 Å². The molecule has 0 aromatic heterocycles. The number of nitro benzene ring substituents is 1. The van der Waals surface area contributed by atoms with Crippen molar-refractivity contribution in [2.45, 2.75) is 18.2 Å². The maximum absolute atomic E-state index is 12.3. The summed E-state index contributed by atoms with van der Waals surface area (Å²) in [5.41, 5.74) is 1.00. The van der Waals surface area contributed by atoms with Crippen molar-refractivity contribution in [3.8, 4) is 0 Å². The molecule has 26 heavy (non-hydrogen) atoms. The first-order valence-corrected chi connectivity index (χ1v) is 9.12. The molecule has 0 aliphatic heterocycles. The first-order valence-electron chi connectivity index (χ1n) is 7.68. The summed E-state index contributed by atoms with van der Waals surface area (Å²) in [5.74, 6) is -0.476. The Morgan fingerprint density at radius 3 is 2.46 bits per heavy atom. The Bertz CT molecular complexity index is 955. The van der Waals surface area contributed by atoms with Gasteiger partial charge in [0.15, 0.2) is 0 Å². The van der Waals surface area contributed by atoms with E-state index in [9.17, 15) is 23.3 Å². The van der Waals surface area contributed by atoms with Crippen molar-refractivity contribution in [1.29, 1.82) is 0 Å². The third-order valence-corrected chi connectivity index (χ3v) is 5.73. The van der Waals surface area contributed by atoms with Gasteiger partial charge in [-0.3, -0.25) is 14.9 Å². The fourth-order valence-electron chi connectivity index (χ4n) is 2.37. The zero-order valence-corrected chi connectivity index (χ0v) is 15.4. The lowest BCUT2D eigenvalue weighted by molar-refractivity contribution is -0.385. The van der Waals surface area contributed by atoms with Crippen molar-refractivity contribution in [1.82, 2.24) is 4.31 Å². The van der Waals surface area contributed by atoms with Gasteiger partial charge in [-0.05, 0) is 24.6 Å². The molecule has 0 aliphatic carbocycles. The lowest BCUT2D eigenvalue weighted by atomic mass is 10.1. The smallest absolute Gasteiger partial charge is 0.273 e. The maximum atomic E-state index is 12.3. The molecule has 0 aliphatic rings. The monoisotopic (exact) mass is 377 g/mol. The summed E-state index contributed by atoms with van der Waals surface area (Å²) in [4.78, 5) is 22.8. The Hall–Kier alpha value is -2.78. The lowest BCUT2D eigenvalue weighted by Gasteiger charge is -2.15. The molecular weight excluding hydrogens is 358 g/mol. The standard InChI is InChI=1S/C17H19N3O5S/c1-12-8-9-14(11-16(12)26(24,25)19(2)3)18-17(21)10-13-6-4-5-7-15(13)20(22)23/h4-9,11H,10H2,1-3H3,(H,18,21). The number of benzene rings is 2. The number of nitro groups is 1. The van der Waals surface area contributed by atoms with E-state index in [1.54, 1.807) is 25.1 Å². The molecule has 0 atom stereocenters. The number of carbonyl (C=O) groups is 1. The molecule has 1 amide bonds. The minimum absolute atomic E-state index is 0.0889. The first kappa shape index (κ1) is 19.5. The van der Waals surface area contributed by atoms with Crippen molar-refractivity contribution >= 4 is 27.3 Å². The maximum Gasteiger partial charge on any atom is 0.273 e. The normalized spacial score (nSPS) is 11.4. The number of aryl methyl sites for hydroxylation is 1. The highest BCUT2D eigenvalue weighted by atomic mass is 32.2. The summed E-state index contributed by atoms with van der Waals surface area (Å²) in [7, 11) is -0.800. The van der Waals surface area contributed by atoms with Crippen LogP contribution in [-0.4, -0.2) is 37.6 Å². The van der Waals surface area contributed by atoms with Gasteiger partial charge >= 0.3 is 0 Å². The third kappa shape index (κ3) is 4.24. The van der Waals surface area contributed by atoms with Crippen LogP contribution in [0.1, 0.15) is 11.1 Å². The van der Waals surface area contributed by atoms with Gasteiger partial charge in [0.05, 0.1) is 16.2 Å². The third-order valence-electron chi connectivity index (χ3n) is 3.77. The number of carbonyl (C=O) groups excluding carboxylic acids is 1. The van der Waals surface area contributed by atoms with Crippen LogP contribution < -0.4 is 5.32 Å². The molecule has 8 nitrogen and oxygen atoms in total. The van der Waals surface area contributed by atoms with Crippen molar-refractivity contribution in [2.24, 2.45) is 0 Å². The van der Waals surface area contributed by atoms with E-state index < -0.39 is 20.9 Å². The minimum Gasteiger partial charge on any atom is -0.326 e. The Labute approximate surface area is 151 Å². The molecule has 0 saturated carbocycles. The molecule has 2 rings (SSSR count). The molecule has 9 heteroatoms. The first-order chi connectivity index (χ1) is 12.1. The van der Waals surface area contributed by atoms with E-state index in [4.69, 9.17) is 0 Å². The highest BCUT2D eigenvalue weighted by molar-refractivity contribution is 7.89. The van der Waals surface area contributed by atoms with Crippen LogP contribution in [0.25, 0.3) is 0 Å². The number of nitrogens with zero attached hydrogens (tertiary/aromatic N) is 2. The second-order valence-corrected chi connectivity index (χ2v) is 8.00. The van der Waals surface area contributed by atoms with E-state index in [-0.39, 0.29) is 22.6 Å². The Balaban J connectivity index is 2.25. The zero-order valence-electron chi connectivity index (χ0n) is 14.6. The number of anilines is 1. The van der Waals surface area contributed by atoms with Crippen molar-refractivity contribution in [2.75, 3.05) is 19.4 Å². The molecular formula is C17H19N3O5S. The summed E-state index contributed by atoms with van der Waals surface area (Å²) >= 11 is 0.